The second-order valence-electron chi connectivity index (χ2n) is 16.5. The SMILES string of the molecule is CC(C)[C@H](NC(=O)CCOCCOCCOCCC(=O)Oc1c(F)c(F)c(F)c(F)c1F)C(=O)C[C@@H](CCCNC(N)=O)C(=O)Nc1ccc(COC(=O)N2CCc3c(sc(NC(=O)C(=O)O)c3C(=O)O)C2)cc1. The Morgan fingerprint density at radius 3 is 1.97 bits per heavy atom. The first-order valence-electron chi connectivity index (χ1n) is 22.6. The van der Waals surface area contributed by atoms with E-state index in [9.17, 15) is 70.2 Å². The van der Waals surface area contributed by atoms with Gasteiger partial charge in [-0.05, 0) is 48.4 Å². The van der Waals surface area contributed by atoms with Gasteiger partial charge in [0.05, 0.1) is 64.2 Å². The van der Waals surface area contributed by atoms with Crippen LogP contribution in [0.25, 0.3) is 0 Å². The molecule has 8 N–H and O–H groups in total. The number of ketones is 1. The lowest BCUT2D eigenvalue weighted by Crippen LogP contribution is -2.45. The van der Waals surface area contributed by atoms with Crippen LogP contribution in [-0.2, 0) is 67.3 Å². The Balaban J connectivity index is 1.18. The van der Waals surface area contributed by atoms with Crippen LogP contribution in [0.1, 0.15) is 72.3 Å². The Labute approximate surface area is 422 Å². The van der Waals surface area contributed by atoms with Crippen molar-refractivity contribution in [1.82, 2.24) is 15.5 Å². The van der Waals surface area contributed by atoms with Crippen LogP contribution >= 0.6 is 11.3 Å². The van der Waals surface area contributed by atoms with E-state index in [1.165, 1.54) is 4.90 Å². The summed E-state index contributed by atoms with van der Waals surface area (Å²) in [5, 5.41) is 28.4. The number of carboxylic acids is 2. The molecule has 0 unspecified atom stereocenters. The number of nitrogens with one attached hydrogen (secondary N) is 4. The second kappa shape index (κ2) is 28.8. The minimum Gasteiger partial charge on any atom is -0.478 e. The molecule has 3 aromatic rings. The molecule has 0 radical (unpaired) electrons. The molecule has 22 nitrogen and oxygen atoms in total. The van der Waals surface area contributed by atoms with Crippen molar-refractivity contribution in [2.24, 2.45) is 17.6 Å². The zero-order valence-corrected chi connectivity index (χ0v) is 40.6. The largest absolute Gasteiger partial charge is 0.478 e. The van der Waals surface area contributed by atoms with Crippen LogP contribution in [0.15, 0.2) is 24.3 Å². The number of carboxylic acid groups (broad SMARTS) is 2. The number of amides is 6. The van der Waals surface area contributed by atoms with Gasteiger partial charge in [0.15, 0.2) is 5.78 Å². The van der Waals surface area contributed by atoms with E-state index in [0.29, 0.717) is 21.7 Å². The number of aliphatic carboxylic acids is 1. The highest BCUT2D eigenvalue weighted by Crippen LogP contribution is 2.37. The summed E-state index contributed by atoms with van der Waals surface area (Å²) in [6.45, 7) is 3.07. The number of hydrogen-bond acceptors (Lipinski definition) is 15. The molecule has 6 amide bonds. The van der Waals surface area contributed by atoms with Crippen LogP contribution < -0.4 is 31.7 Å². The molecule has 2 heterocycles. The van der Waals surface area contributed by atoms with Gasteiger partial charge in [0.1, 0.15) is 11.6 Å². The Hall–Kier alpha value is -7.30. The van der Waals surface area contributed by atoms with Gasteiger partial charge in [0.2, 0.25) is 46.6 Å². The Morgan fingerprint density at radius 2 is 1.39 bits per heavy atom. The van der Waals surface area contributed by atoms with Gasteiger partial charge in [0, 0.05) is 42.4 Å². The molecular formula is C46H53F5N6O16S. The lowest BCUT2D eigenvalue weighted by atomic mass is 9.89. The Kier molecular flexibility index (Phi) is 23.1. The first kappa shape index (κ1) is 59.3. The number of esters is 1. The van der Waals surface area contributed by atoms with Crippen molar-refractivity contribution in [2.75, 3.05) is 63.4 Å². The normalized spacial score (nSPS) is 12.8. The fourth-order valence-corrected chi connectivity index (χ4v) is 8.27. The van der Waals surface area contributed by atoms with E-state index in [2.05, 4.69) is 26.0 Å². The number of hydrogen-bond donors (Lipinski definition) is 7. The van der Waals surface area contributed by atoms with Crippen molar-refractivity contribution in [3.63, 3.8) is 0 Å². The predicted molar refractivity (Wildman–Crippen MR) is 247 cm³/mol. The molecule has 0 saturated carbocycles. The molecule has 404 valence electrons. The molecule has 0 aliphatic carbocycles. The Bertz CT molecular complexity index is 2520. The van der Waals surface area contributed by atoms with E-state index >= 15 is 0 Å². The summed E-state index contributed by atoms with van der Waals surface area (Å²) < 4.78 is 92.8. The lowest BCUT2D eigenvalue weighted by molar-refractivity contribution is -0.147. The fourth-order valence-electron chi connectivity index (χ4n) is 7.02. The summed E-state index contributed by atoms with van der Waals surface area (Å²) in [4.78, 5) is 113. The van der Waals surface area contributed by atoms with Crippen molar-refractivity contribution < 1.29 is 99.0 Å². The smallest absolute Gasteiger partial charge is 0.410 e. The number of nitrogens with two attached hydrogens (primary N) is 1. The van der Waals surface area contributed by atoms with Crippen molar-refractivity contribution in [3.05, 3.63) is 74.9 Å². The number of halogens is 5. The molecule has 74 heavy (non-hydrogen) atoms. The number of benzene rings is 2. The average Bonchev–Trinajstić information content (AvgIpc) is 3.72. The van der Waals surface area contributed by atoms with Gasteiger partial charge in [-0.1, -0.05) is 26.0 Å². The van der Waals surface area contributed by atoms with Gasteiger partial charge in [-0.3, -0.25) is 24.0 Å². The highest BCUT2D eigenvalue weighted by Gasteiger charge is 2.33. The zero-order chi connectivity index (χ0) is 54.6. The van der Waals surface area contributed by atoms with Crippen LogP contribution in [0.4, 0.5) is 42.2 Å². The summed E-state index contributed by atoms with van der Waals surface area (Å²) in [5.74, 6) is -21.9. The van der Waals surface area contributed by atoms with Gasteiger partial charge < -0.3 is 65.8 Å². The van der Waals surface area contributed by atoms with E-state index in [1.54, 1.807) is 38.1 Å². The average molecular weight is 1070 g/mol. The summed E-state index contributed by atoms with van der Waals surface area (Å²) in [5.41, 5.74) is 6.17. The molecule has 1 aromatic heterocycles. The van der Waals surface area contributed by atoms with Gasteiger partial charge in [-0.25, -0.2) is 32.3 Å². The predicted octanol–water partition coefficient (Wildman–Crippen LogP) is 4.40. The number of rotatable bonds is 28. The summed E-state index contributed by atoms with van der Waals surface area (Å²) in [6.07, 6.45) is -1.19. The molecule has 2 atom stereocenters. The minimum atomic E-state index is -2.40. The third-order valence-corrected chi connectivity index (χ3v) is 11.9. The number of anilines is 2. The summed E-state index contributed by atoms with van der Waals surface area (Å²) in [6, 6.07) is 4.52. The monoisotopic (exact) mass is 1070 g/mol. The number of primary amides is 1. The van der Waals surface area contributed by atoms with Crippen LogP contribution in [0.5, 0.6) is 5.75 Å². The second-order valence-corrected chi connectivity index (χ2v) is 17.6. The molecule has 28 heteroatoms. The molecule has 1 aliphatic heterocycles. The van der Waals surface area contributed by atoms with Crippen molar-refractivity contribution >= 4 is 75.6 Å². The van der Waals surface area contributed by atoms with Crippen LogP contribution in [-0.4, -0.2) is 127 Å². The molecule has 0 spiro atoms. The number of nitrogens with zero attached hydrogens (tertiary/aromatic N) is 1. The van der Waals surface area contributed by atoms with Gasteiger partial charge >= 0.3 is 35.9 Å². The summed E-state index contributed by atoms with van der Waals surface area (Å²) in [7, 11) is 0. The molecule has 1 aliphatic rings. The zero-order valence-electron chi connectivity index (χ0n) is 39.8. The quantitative estimate of drug-likeness (QED) is 0.0101. The topological polar surface area (TPSA) is 318 Å². The maximum Gasteiger partial charge on any atom is 0.410 e. The fraction of sp³-hybridized carbons (Fsp3) is 0.457. The van der Waals surface area contributed by atoms with E-state index in [1.807, 2.05) is 0 Å². The molecular weight excluding hydrogens is 1020 g/mol. The van der Waals surface area contributed by atoms with Crippen LogP contribution in [0, 0.1) is 40.9 Å². The maximum atomic E-state index is 13.7. The molecule has 0 fully saturated rings. The van der Waals surface area contributed by atoms with Gasteiger partial charge in [-0.2, -0.15) is 8.78 Å². The van der Waals surface area contributed by atoms with E-state index in [4.69, 9.17) is 29.8 Å². The first-order chi connectivity index (χ1) is 35.1. The van der Waals surface area contributed by atoms with E-state index in [0.717, 1.165) is 11.3 Å². The highest BCUT2D eigenvalue weighted by atomic mass is 32.1. The van der Waals surface area contributed by atoms with Gasteiger partial charge in [-0.15, -0.1) is 11.3 Å². The standard InChI is InChI=1S/C46H53F5N6O16S/c1-23(2)38(55-30(59)10-14-69-16-18-71-19-17-70-15-11-31(60)73-39-36(50)34(48)33(47)35(49)37(39)51)28(58)20-25(4-3-12-53-45(52)67)40(61)54-26-7-5-24(6-8-26)22-72-46(68)57-13-9-27-29(21-57)74-42(32(27)43(63)64)56-41(62)44(65)66/h5-8,23,25,38H,3-4,9-22H2,1-2H3,(H,54,61)(H,55,59)(H,56,62)(H,63,64)(H,65,66)(H3,52,53,67)/t25-,38+/m1/s1. The van der Waals surface area contributed by atoms with Crippen LogP contribution in [0.3, 0.4) is 0 Å². The number of carbonyl (C=O) groups is 9. The number of Topliss-reactive ketones (excluding diaryl/α,β-unsaturated/α-hetero) is 1. The van der Waals surface area contributed by atoms with Crippen molar-refractivity contribution in [1.29, 1.82) is 0 Å². The Morgan fingerprint density at radius 1 is 0.797 bits per heavy atom. The number of aromatic carboxylic acids is 1. The number of ether oxygens (including phenoxy) is 5. The number of carbonyl (C=O) groups excluding carboxylic acids is 7. The van der Waals surface area contributed by atoms with Crippen molar-refractivity contribution in [3.8, 4) is 5.75 Å². The highest BCUT2D eigenvalue weighted by molar-refractivity contribution is 7.17. The van der Waals surface area contributed by atoms with E-state index < -0.39 is 107 Å². The molecule has 2 aromatic carbocycles. The maximum absolute atomic E-state index is 13.7. The number of urea groups is 1. The van der Waals surface area contributed by atoms with Gasteiger partial charge in [0.25, 0.3) is 0 Å². The molecule has 0 saturated heterocycles. The first-order valence-corrected chi connectivity index (χ1v) is 23.4. The molecule has 4 rings (SSSR count). The summed E-state index contributed by atoms with van der Waals surface area (Å²) >= 11 is 0.844. The van der Waals surface area contributed by atoms with E-state index in [-0.39, 0.29) is 114 Å². The minimum absolute atomic E-state index is 0.00924. The number of thiophene rings is 1. The third-order valence-electron chi connectivity index (χ3n) is 10.8. The lowest BCUT2D eigenvalue weighted by Gasteiger charge is -2.26. The van der Waals surface area contributed by atoms with Crippen molar-refractivity contribution in [2.45, 2.75) is 71.6 Å². The molecule has 0 bridgehead atoms. The third kappa shape index (κ3) is 17.7. The number of fused-ring (bicyclic) bond motifs is 1. The van der Waals surface area contributed by atoms with Crippen LogP contribution in [0.2, 0.25) is 0 Å².